The normalized spacial score (nSPS) is 36.5. The topological polar surface area (TPSA) is 37.3 Å². The maximum Gasteiger partial charge on any atom is 0.142 e. The van der Waals surface area contributed by atoms with Gasteiger partial charge < -0.3 is 5.11 Å². The van der Waals surface area contributed by atoms with Crippen LogP contribution in [0.25, 0.3) is 4.48 Å². The van der Waals surface area contributed by atoms with Gasteiger partial charge in [0.15, 0.2) is 0 Å². The van der Waals surface area contributed by atoms with E-state index in [9.17, 15) is 9.90 Å². The number of carbonyl (C=O) groups excluding carboxylic acids is 1. The van der Waals surface area contributed by atoms with Crippen LogP contribution in [0, 0.1) is 5.41 Å². The first-order valence-corrected chi connectivity index (χ1v) is 7.48. The summed E-state index contributed by atoms with van der Waals surface area (Å²) < 4.78 is 0.953. The van der Waals surface area contributed by atoms with Crippen molar-refractivity contribution in [1.82, 2.24) is 0 Å². The predicted octanol–water partition coefficient (Wildman–Crippen LogP) is 3.69. The van der Waals surface area contributed by atoms with E-state index in [1.165, 1.54) is 0 Å². The molecule has 0 aromatic heterocycles. The number of ketones is 1. The first kappa shape index (κ1) is 13.1. The lowest BCUT2D eigenvalue weighted by Crippen LogP contribution is -2.41. The molecule has 0 amide bonds. The summed E-state index contributed by atoms with van der Waals surface area (Å²) in [5, 5.41) is 11.0. The van der Waals surface area contributed by atoms with Gasteiger partial charge >= 0.3 is 0 Å². The van der Waals surface area contributed by atoms with Gasteiger partial charge in [0.2, 0.25) is 0 Å². The van der Waals surface area contributed by atoms with E-state index in [2.05, 4.69) is 15.9 Å². The maximum atomic E-state index is 12.1. The van der Waals surface area contributed by atoms with Gasteiger partial charge in [-0.05, 0) is 37.3 Å². The van der Waals surface area contributed by atoms with E-state index in [1.54, 1.807) is 0 Å². The lowest BCUT2D eigenvalue weighted by atomic mass is 9.77. The van der Waals surface area contributed by atoms with Crippen LogP contribution < -0.4 is 0 Å². The van der Waals surface area contributed by atoms with Gasteiger partial charge in [0.05, 0.1) is 11.0 Å². The lowest BCUT2D eigenvalue weighted by molar-refractivity contribution is -0.130. The minimum atomic E-state index is -0.960. The summed E-state index contributed by atoms with van der Waals surface area (Å²) in [6, 6.07) is 9.98. The Morgan fingerprint density at radius 2 is 1.89 bits per heavy atom. The van der Waals surface area contributed by atoms with Crippen LogP contribution in [0.2, 0.25) is 0 Å². The Kier molecular flexibility index (Phi) is 2.95. The van der Waals surface area contributed by atoms with E-state index < -0.39 is 11.0 Å². The molecule has 2 fully saturated rings. The number of hydrogen-bond acceptors (Lipinski definition) is 2. The van der Waals surface area contributed by atoms with Gasteiger partial charge in [-0.1, -0.05) is 46.3 Å². The summed E-state index contributed by atoms with van der Waals surface area (Å²) in [4.78, 5) is 12.1. The molecule has 1 N–H and O–H groups in total. The number of aliphatic hydroxyl groups is 1. The molecule has 0 spiro atoms. The Morgan fingerprint density at radius 3 is 2.58 bits per heavy atom. The maximum absolute atomic E-state index is 12.1. The minimum Gasteiger partial charge on any atom is -0.384 e. The van der Waals surface area contributed by atoms with Crippen molar-refractivity contribution >= 4 is 26.2 Å². The summed E-state index contributed by atoms with van der Waals surface area (Å²) in [7, 11) is 0. The number of halogens is 1. The quantitative estimate of drug-likeness (QED) is 0.856. The Balaban J connectivity index is 2.11. The standard InChI is InChI=1S/C16H17BrO2/c1-15-9-7-12(16(15,19)10-8-13(15)18)14(17)11-5-3-2-4-6-11/h2-6,19H,7-10H2,1H3/b14-12+/t15-,16+/m0/s1. The molecule has 100 valence electrons. The van der Waals surface area contributed by atoms with Gasteiger partial charge in [-0.15, -0.1) is 0 Å². The van der Waals surface area contributed by atoms with E-state index in [-0.39, 0.29) is 5.78 Å². The molecule has 1 aromatic carbocycles. The molecule has 2 nitrogen and oxygen atoms in total. The van der Waals surface area contributed by atoms with Crippen molar-refractivity contribution in [2.24, 2.45) is 5.41 Å². The van der Waals surface area contributed by atoms with E-state index in [0.29, 0.717) is 12.8 Å². The Hall–Kier alpha value is -0.930. The van der Waals surface area contributed by atoms with Gasteiger partial charge in [0.25, 0.3) is 0 Å². The predicted molar refractivity (Wildman–Crippen MR) is 78.8 cm³/mol. The van der Waals surface area contributed by atoms with Crippen LogP contribution in [0.4, 0.5) is 0 Å². The SMILES string of the molecule is C[C@@]12CC/C(=C(\Br)c3ccccc3)[C@]1(O)CCC2=O. The third-order valence-corrected chi connectivity index (χ3v) is 5.84. The van der Waals surface area contributed by atoms with Crippen LogP contribution in [-0.2, 0) is 4.79 Å². The first-order valence-electron chi connectivity index (χ1n) is 6.69. The number of fused-ring (bicyclic) bond motifs is 1. The monoisotopic (exact) mass is 320 g/mol. The molecule has 0 bridgehead atoms. The van der Waals surface area contributed by atoms with Crippen LogP contribution in [-0.4, -0.2) is 16.5 Å². The first-order chi connectivity index (χ1) is 8.99. The summed E-state index contributed by atoms with van der Waals surface area (Å²) in [6.45, 7) is 1.92. The Morgan fingerprint density at radius 1 is 1.21 bits per heavy atom. The van der Waals surface area contributed by atoms with Crippen LogP contribution in [0.1, 0.15) is 38.2 Å². The van der Waals surface area contributed by atoms with Crippen molar-refractivity contribution in [2.75, 3.05) is 0 Å². The molecular formula is C16H17BrO2. The van der Waals surface area contributed by atoms with E-state index >= 15 is 0 Å². The second-order valence-corrected chi connectivity index (χ2v) is 6.57. The smallest absolute Gasteiger partial charge is 0.142 e. The zero-order chi connectivity index (χ0) is 13.7. The van der Waals surface area contributed by atoms with Crippen molar-refractivity contribution in [3.05, 3.63) is 41.5 Å². The molecule has 2 aliphatic rings. The summed E-state index contributed by atoms with van der Waals surface area (Å²) in [5.74, 6) is 0.207. The molecule has 19 heavy (non-hydrogen) atoms. The fourth-order valence-electron chi connectivity index (χ4n) is 3.54. The highest BCUT2D eigenvalue weighted by atomic mass is 79.9. The van der Waals surface area contributed by atoms with Crippen molar-refractivity contribution in [1.29, 1.82) is 0 Å². The molecule has 0 aliphatic heterocycles. The molecular weight excluding hydrogens is 304 g/mol. The summed E-state index contributed by atoms with van der Waals surface area (Å²) in [6.07, 6.45) is 2.58. The zero-order valence-electron chi connectivity index (χ0n) is 10.9. The zero-order valence-corrected chi connectivity index (χ0v) is 12.5. The number of Topliss-reactive ketones (excluding diaryl/α,β-unsaturated/α-hetero) is 1. The molecule has 2 atom stereocenters. The molecule has 0 heterocycles. The average molecular weight is 321 g/mol. The van der Waals surface area contributed by atoms with E-state index in [4.69, 9.17) is 0 Å². The van der Waals surface area contributed by atoms with Gasteiger partial charge in [-0.3, -0.25) is 4.79 Å². The minimum absolute atomic E-state index is 0.207. The van der Waals surface area contributed by atoms with Crippen molar-refractivity contribution < 1.29 is 9.90 Å². The van der Waals surface area contributed by atoms with Crippen molar-refractivity contribution in [3.63, 3.8) is 0 Å². The van der Waals surface area contributed by atoms with Crippen molar-refractivity contribution in [2.45, 2.75) is 38.2 Å². The average Bonchev–Trinajstić information content (AvgIpc) is 2.82. The molecule has 0 unspecified atom stereocenters. The molecule has 1 aromatic rings. The van der Waals surface area contributed by atoms with Gasteiger partial charge in [-0.2, -0.15) is 0 Å². The second kappa shape index (κ2) is 4.29. The van der Waals surface area contributed by atoms with Crippen LogP contribution >= 0.6 is 15.9 Å². The molecule has 2 aliphatic carbocycles. The number of benzene rings is 1. The highest BCUT2D eigenvalue weighted by Crippen LogP contribution is 2.59. The van der Waals surface area contributed by atoms with E-state index in [1.807, 2.05) is 37.3 Å². The summed E-state index contributed by atoms with van der Waals surface area (Å²) in [5.41, 5.74) is 0.510. The molecule has 3 rings (SSSR count). The van der Waals surface area contributed by atoms with Crippen molar-refractivity contribution in [3.8, 4) is 0 Å². The fourth-order valence-corrected chi connectivity index (χ4v) is 4.33. The Labute approximate surface area is 121 Å². The third-order valence-electron chi connectivity index (χ3n) is 4.91. The van der Waals surface area contributed by atoms with Gasteiger partial charge in [0, 0.05) is 10.9 Å². The fraction of sp³-hybridized carbons (Fsp3) is 0.438. The van der Waals surface area contributed by atoms with Gasteiger partial charge in [-0.25, -0.2) is 0 Å². The van der Waals surface area contributed by atoms with Gasteiger partial charge in [0.1, 0.15) is 5.78 Å². The molecule has 3 heteroatoms. The highest BCUT2D eigenvalue weighted by Gasteiger charge is 2.62. The molecule has 0 radical (unpaired) electrons. The van der Waals surface area contributed by atoms with Crippen LogP contribution in [0.5, 0.6) is 0 Å². The lowest BCUT2D eigenvalue weighted by Gasteiger charge is -2.32. The highest BCUT2D eigenvalue weighted by molar-refractivity contribution is 9.15. The van der Waals surface area contributed by atoms with Crippen LogP contribution in [0.15, 0.2) is 35.9 Å². The molecule has 0 saturated heterocycles. The molecule has 2 saturated carbocycles. The summed E-state index contributed by atoms with van der Waals surface area (Å²) >= 11 is 3.64. The number of hydrogen-bond donors (Lipinski definition) is 1. The largest absolute Gasteiger partial charge is 0.384 e. The Bertz CT molecular complexity index is 563. The van der Waals surface area contributed by atoms with E-state index in [0.717, 1.165) is 28.5 Å². The number of carbonyl (C=O) groups is 1. The third kappa shape index (κ3) is 1.68. The van der Waals surface area contributed by atoms with Crippen LogP contribution in [0.3, 0.4) is 0 Å². The second-order valence-electron chi connectivity index (χ2n) is 5.77. The number of rotatable bonds is 1.